The van der Waals surface area contributed by atoms with E-state index >= 15 is 0 Å². The van der Waals surface area contributed by atoms with E-state index in [0.29, 0.717) is 12.0 Å². The number of nitrogens with one attached hydrogen (secondary N) is 2. The number of rotatable bonds is 1. The normalized spacial score (nSPS) is 25.2. The van der Waals surface area contributed by atoms with Gasteiger partial charge in [-0.25, -0.2) is 0 Å². The predicted octanol–water partition coefficient (Wildman–Crippen LogP) is 1.07. The van der Waals surface area contributed by atoms with Gasteiger partial charge in [0.05, 0.1) is 0 Å². The lowest BCUT2D eigenvalue weighted by Gasteiger charge is -2.27. The summed E-state index contributed by atoms with van der Waals surface area (Å²) in [7, 11) is 0. The van der Waals surface area contributed by atoms with Gasteiger partial charge in [-0.1, -0.05) is 13.8 Å². The van der Waals surface area contributed by atoms with Crippen LogP contribution in [0.3, 0.4) is 0 Å². The molecule has 0 aromatic rings. The van der Waals surface area contributed by atoms with Gasteiger partial charge in [0, 0.05) is 24.5 Å². The van der Waals surface area contributed by atoms with Crippen molar-refractivity contribution in [1.82, 2.24) is 10.6 Å². The topological polar surface area (TPSA) is 24.1 Å². The van der Waals surface area contributed by atoms with Crippen molar-refractivity contribution in [2.24, 2.45) is 5.92 Å². The summed E-state index contributed by atoms with van der Waals surface area (Å²) in [6.07, 6.45) is 2.05. The van der Waals surface area contributed by atoms with E-state index in [9.17, 15) is 0 Å². The van der Waals surface area contributed by atoms with Crippen LogP contribution in [0.1, 0.15) is 20.8 Å². The van der Waals surface area contributed by atoms with Crippen molar-refractivity contribution in [3.05, 3.63) is 11.9 Å². The lowest BCUT2D eigenvalue weighted by Crippen LogP contribution is -2.43. The maximum absolute atomic E-state index is 3.34. The van der Waals surface area contributed by atoms with Gasteiger partial charge in [0.15, 0.2) is 0 Å². The zero-order valence-corrected chi connectivity index (χ0v) is 6.94. The second-order valence-corrected chi connectivity index (χ2v) is 3.23. The summed E-state index contributed by atoms with van der Waals surface area (Å²) in [5.74, 6) is 0.705. The molecule has 1 atom stereocenters. The van der Waals surface area contributed by atoms with Crippen molar-refractivity contribution < 1.29 is 0 Å². The van der Waals surface area contributed by atoms with Crippen LogP contribution in [0.25, 0.3) is 0 Å². The highest BCUT2D eigenvalue weighted by atomic mass is 15.0. The minimum absolute atomic E-state index is 0.601. The molecule has 2 N–H and O–H groups in total. The second-order valence-electron chi connectivity index (χ2n) is 3.23. The van der Waals surface area contributed by atoms with E-state index in [4.69, 9.17) is 0 Å². The highest BCUT2D eigenvalue weighted by Gasteiger charge is 2.13. The monoisotopic (exact) mass is 140 g/mol. The Balaban J connectivity index is 2.42. The van der Waals surface area contributed by atoms with Crippen molar-refractivity contribution in [2.45, 2.75) is 26.8 Å². The highest BCUT2D eigenvalue weighted by Crippen LogP contribution is 2.04. The molecular formula is C8H16N2. The molecule has 10 heavy (non-hydrogen) atoms. The highest BCUT2D eigenvalue weighted by molar-refractivity contribution is 5.01. The Morgan fingerprint density at radius 2 is 2.30 bits per heavy atom. The molecule has 1 rings (SSSR count). The molecule has 1 aliphatic heterocycles. The average Bonchev–Trinajstić information content (AvgIpc) is 1.88. The molecular weight excluding hydrogens is 124 g/mol. The second kappa shape index (κ2) is 2.95. The molecule has 0 spiro atoms. The maximum atomic E-state index is 3.34. The standard InChI is InChI=1S/C8H16N2/c1-6(2)8-5-9-7(3)4-10-8/h4,6,8-10H,5H2,1-3H3/t8-/m1/s1. The molecule has 0 amide bonds. The Bertz CT molecular complexity index is 138. The van der Waals surface area contributed by atoms with E-state index in [0.717, 1.165) is 6.54 Å². The fourth-order valence-electron chi connectivity index (χ4n) is 1.04. The van der Waals surface area contributed by atoms with Crippen LogP contribution >= 0.6 is 0 Å². The van der Waals surface area contributed by atoms with Crippen LogP contribution < -0.4 is 10.6 Å². The quantitative estimate of drug-likeness (QED) is 0.569. The van der Waals surface area contributed by atoms with Gasteiger partial charge in [0.2, 0.25) is 0 Å². The molecule has 0 aromatic carbocycles. The summed E-state index contributed by atoms with van der Waals surface area (Å²) in [6, 6.07) is 0.601. The van der Waals surface area contributed by atoms with Crippen molar-refractivity contribution in [1.29, 1.82) is 0 Å². The van der Waals surface area contributed by atoms with Crippen molar-refractivity contribution >= 4 is 0 Å². The third-order valence-electron chi connectivity index (χ3n) is 1.92. The Morgan fingerprint density at radius 1 is 1.60 bits per heavy atom. The average molecular weight is 140 g/mol. The summed E-state index contributed by atoms with van der Waals surface area (Å²) in [6.45, 7) is 7.59. The van der Waals surface area contributed by atoms with Crippen LogP contribution in [0, 0.1) is 5.92 Å². The minimum atomic E-state index is 0.601. The molecule has 2 heteroatoms. The van der Waals surface area contributed by atoms with Crippen molar-refractivity contribution in [2.75, 3.05) is 6.54 Å². The molecule has 0 saturated heterocycles. The fourth-order valence-corrected chi connectivity index (χ4v) is 1.04. The van der Waals surface area contributed by atoms with Gasteiger partial charge in [0.1, 0.15) is 0 Å². The van der Waals surface area contributed by atoms with Crippen LogP contribution in [0.2, 0.25) is 0 Å². The van der Waals surface area contributed by atoms with E-state index in [1.165, 1.54) is 5.70 Å². The Kier molecular flexibility index (Phi) is 2.20. The van der Waals surface area contributed by atoms with Crippen LogP contribution in [-0.4, -0.2) is 12.6 Å². The van der Waals surface area contributed by atoms with Crippen LogP contribution in [0.5, 0.6) is 0 Å². The summed E-state index contributed by atoms with van der Waals surface area (Å²) < 4.78 is 0. The van der Waals surface area contributed by atoms with Gasteiger partial charge >= 0.3 is 0 Å². The van der Waals surface area contributed by atoms with Gasteiger partial charge in [-0.3, -0.25) is 0 Å². The van der Waals surface area contributed by atoms with Crippen LogP contribution in [-0.2, 0) is 0 Å². The van der Waals surface area contributed by atoms with Crippen molar-refractivity contribution in [3.63, 3.8) is 0 Å². The van der Waals surface area contributed by atoms with Gasteiger partial charge in [-0.05, 0) is 12.8 Å². The first-order valence-corrected chi connectivity index (χ1v) is 3.87. The molecule has 0 aromatic heterocycles. The third kappa shape index (κ3) is 1.66. The largest absolute Gasteiger partial charge is 0.385 e. The molecule has 1 aliphatic rings. The Hall–Kier alpha value is -0.660. The van der Waals surface area contributed by atoms with E-state index in [-0.39, 0.29) is 0 Å². The molecule has 0 aliphatic carbocycles. The first kappa shape index (κ1) is 7.45. The molecule has 1 heterocycles. The predicted molar refractivity (Wildman–Crippen MR) is 43.5 cm³/mol. The van der Waals surface area contributed by atoms with Crippen LogP contribution in [0.4, 0.5) is 0 Å². The molecule has 2 nitrogen and oxygen atoms in total. The number of allylic oxidation sites excluding steroid dienone is 1. The SMILES string of the molecule is CC1=CN[C@@H](C(C)C)CN1. The number of hydrogen-bond acceptors (Lipinski definition) is 2. The smallest absolute Gasteiger partial charge is 0.0451 e. The first-order chi connectivity index (χ1) is 4.70. The van der Waals surface area contributed by atoms with Gasteiger partial charge in [-0.15, -0.1) is 0 Å². The van der Waals surface area contributed by atoms with Gasteiger partial charge < -0.3 is 10.6 Å². The molecule has 0 saturated carbocycles. The first-order valence-electron chi connectivity index (χ1n) is 3.87. The van der Waals surface area contributed by atoms with Crippen LogP contribution in [0.15, 0.2) is 11.9 Å². The zero-order valence-electron chi connectivity index (χ0n) is 6.94. The summed E-state index contributed by atoms with van der Waals surface area (Å²) in [5.41, 5.74) is 1.23. The lowest BCUT2D eigenvalue weighted by atomic mass is 10.0. The van der Waals surface area contributed by atoms with E-state index in [1.807, 2.05) is 6.20 Å². The molecule has 0 radical (unpaired) electrons. The molecule has 0 fully saturated rings. The summed E-state index contributed by atoms with van der Waals surface area (Å²) >= 11 is 0. The van der Waals surface area contributed by atoms with E-state index in [1.54, 1.807) is 0 Å². The third-order valence-corrected chi connectivity index (χ3v) is 1.92. The molecule has 0 bridgehead atoms. The summed E-state index contributed by atoms with van der Waals surface area (Å²) in [5, 5.41) is 6.66. The molecule has 0 unspecified atom stereocenters. The van der Waals surface area contributed by atoms with Crippen molar-refractivity contribution in [3.8, 4) is 0 Å². The van der Waals surface area contributed by atoms with Gasteiger partial charge in [-0.2, -0.15) is 0 Å². The van der Waals surface area contributed by atoms with E-state index < -0.39 is 0 Å². The zero-order chi connectivity index (χ0) is 7.56. The Morgan fingerprint density at radius 3 is 2.70 bits per heavy atom. The van der Waals surface area contributed by atoms with Gasteiger partial charge in [0.25, 0.3) is 0 Å². The lowest BCUT2D eigenvalue weighted by molar-refractivity contribution is 0.409. The minimum Gasteiger partial charge on any atom is -0.385 e. The van der Waals surface area contributed by atoms with E-state index in [2.05, 4.69) is 31.4 Å². The Labute approximate surface area is 62.7 Å². The molecule has 58 valence electrons. The maximum Gasteiger partial charge on any atom is 0.0451 e. The summed E-state index contributed by atoms with van der Waals surface area (Å²) in [4.78, 5) is 0. The number of hydrogen-bond donors (Lipinski definition) is 2. The fraction of sp³-hybridized carbons (Fsp3) is 0.750.